The fraction of sp³-hybridized carbons (Fsp3) is 0.118. The summed E-state index contributed by atoms with van der Waals surface area (Å²) in [6.07, 6.45) is 0. The molecule has 0 spiro atoms. The maximum atomic E-state index is 12.2. The molecule has 124 valence electrons. The van der Waals surface area contributed by atoms with E-state index in [1.54, 1.807) is 42.5 Å². The lowest BCUT2D eigenvalue weighted by Gasteiger charge is -2.09. The van der Waals surface area contributed by atoms with Crippen molar-refractivity contribution in [2.75, 3.05) is 6.61 Å². The first-order chi connectivity index (χ1) is 11.5. The molecule has 0 aliphatic carbocycles. The molecule has 1 aliphatic rings. The van der Waals surface area contributed by atoms with Crippen LogP contribution in [0.3, 0.4) is 0 Å². The van der Waals surface area contributed by atoms with E-state index < -0.39 is 17.0 Å². The second kappa shape index (κ2) is 7.19. The lowest BCUT2D eigenvalue weighted by Crippen LogP contribution is -1.99. The van der Waals surface area contributed by atoms with E-state index in [0.29, 0.717) is 26.2 Å². The molecule has 0 saturated heterocycles. The smallest absolute Gasteiger partial charge is 0.339 e. The van der Waals surface area contributed by atoms with Crippen LogP contribution < -0.4 is 0 Å². The van der Waals surface area contributed by atoms with Gasteiger partial charge in [0, 0.05) is 26.4 Å². The zero-order valence-electron chi connectivity index (χ0n) is 12.3. The molecule has 24 heavy (non-hydrogen) atoms. The summed E-state index contributed by atoms with van der Waals surface area (Å²) in [5.41, 5.74) is 3.46. The van der Waals surface area contributed by atoms with Crippen molar-refractivity contribution in [1.82, 2.24) is 0 Å². The van der Waals surface area contributed by atoms with Crippen LogP contribution in [0.25, 0.3) is 11.1 Å². The molecule has 2 aromatic rings. The molecule has 7 heteroatoms. The van der Waals surface area contributed by atoms with Crippen molar-refractivity contribution >= 4 is 55.7 Å². The van der Waals surface area contributed by atoms with Gasteiger partial charge >= 0.3 is 5.97 Å². The highest BCUT2D eigenvalue weighted by Crippen LogP contribution is 2.37. The monoisotopic (exact) mass is 425 g/mol. The van der Waals surface area contributed by atoms with Crippen LogP contribution in [-0.4, -0.2) is 21.3 Å². The third kappa shape index (κ3) is 3.62. The van der Waals surface area contributed by atoms with E-state index in [-0.39, 0.29) is 12.4 Å². The Bertz CT molecular complexity index is 861. The number of carbonyl (C=O) groups excluding carboxylic acids is 1. The second-order valence-electron chi connectivity index (χ2n) is 5.20. The molecule has 0 N–H and O–H groups in total. The Morgan fingerprint density at radius 2 is 1.92 bits per heavy atom. The van der Waals surface area contributed by atoms with Crippen molar-refractivity contribution in [3.63, 3.8) is 0 Å². The molecule has 4 nitrogen and oxygen atoms in total. The van der Waals surface area contributed by atoms with Crippen molar-refractivity contribution in [1.29, 1.82) is 0 Å². The van der Waals surface area contributed by atoms with Gasteiger partial charge in [0.2, 0.25) is 0 Å². The number of rotatable bonds is 4. The van der Waals surface area contributed by atoms with E-state index in [1.807, 2.05) is 0 Å². The minimum Gasteiger partial charge on any atom is -0.772 e. The van der Waals surface area contributed by atoms with Gasteiger partial charge in [0.1, 0.15) is 6.61 Å². The maximum absolute atomic E-state index is 12.2. The van der Waals surface area contributed by atoms with Crippen LogP contribution in [0.1, 0.15) is 16.7 Å². The summed E-state index contributed by atoms with van der Waals surface area (Å²) >= 11 is 7.26. The van der Waals surface area contributed by atoms with Crippen molar-refractivity contribution in [2.24, 2.45) is 0 Å². The predicted molar refractivity (Wildman–Crippen MR) is 96.0 cm³/mol. The minimum atomic E-state index is -2.13. The molecule has 0 radical (unpaired) electrons. The highest BCUT2D eigenvalue weighted by atomic mass is 79.9. The highest BCUT2D eigenvalue weighted by Gasteiger charge is 2.28. The van der Waals surface area contributed by atoms with E-state index in [4.69, 9.17) is 16.3 Å². The standard InChI is InChI=1S/C17H12BrClO4S/c18-15-7-12(19)5-6-13(15)16-14(8-23-17(16)20)11-3-1-10(2-4-11)9-24(21)22/h1-7H,8-9H2,(H,21,22)/p-1. The number of esters is 1. The van der Waals surface area contributed by atoms with Gasteiger partial charge in [-0.1, -0.05) is 68.9 Å². The van der Waals surface area contributed by atoms with Crippen LogP contribution in [0.15, 0.2) is 46.9 Å². The average Bonchev–Trinajstić information content (AvgIpc) is 2.89. The molecular weight excluding hydrogens is 416 g/mol. The quantitative estimate of drug-likeness (QED) is 0.548. The second-order valence-corrected chi connectivity index (χ2v) is 7.39. The van der Waals surface area contributed by atoms with Crippen molar-refractivity contribution < 1.29 is 18.3 Å². The summed E-state index contributed by atoms with van der Waals surface area (Å²) in [6.45, 7) is 0.177. The number of hydrogen-bond acceptors (Lipinski definition) is 4. The van der Waals surface area contributed by atoms with Gasteiger partial charge in [-0.15, -0.1) is 0 Å². The molecule has 2 aromatic carbocycles. The van der Waals surface area contributed by atoms with Crippen LogP contribution in [0.4, 0.5) is 0 Å². The molecule has 0 aromatic heterocycles. The van der Waals surface area contributed by atoms with Crippen molar-refractivity contribution in [3.05, 3.63) is 68.7 Å². The van der Waals surface area contributed by atoms with E-state index in [9.17, 15) is 13.6 Å². The summed E-state index contributed by atoms with van der Waals surface area (Å²) < 4.78 is 27.4. The molecule has 0 fully saturated rings. The van der Waals surface area contributed by atoms with Gasteiger partial charge in [-0.25, -0.2) is 4.79 Å². The van der Waals surface area contributed by atoms with Crippen LogP contribution in [0, 0.1) is 0 Å². The average molecular weight is 427 g/mol. The number of cyclic esters (lactones) is 1. The van der Waals surface area contributed by atoms with Crippen LogP contribution in [-0.2, 0) is 26.4 Å². The Kier molecular flexibility index (Phi) is 5.20. The first-order valence-corrected chi connectivity index (χ1v) is 9.38. The third-order valence-electron chi connectivity index (χ3n) is 3.64. The van der Waals surface area contributed by atoms with E-state index in [0.717, 1.165) is 11.1 Å². The topological polar surface area (TPSA) is 66.4 Å². The SMILES string of the molecule is O=C1OCC(c2ccc(CS(=O)[O-])cc2)=C1c1ccc(Cl)cc1Br. The Balaban J connectivity index is 2.04. The Morgan fingerprint density at radius 3 is 2.54 bits per heavy atom. The molecule has 1 heterocycles. The summed E-state index contributed by atoms with van der Waals surface area (Å²) in [6, 6.07) is 12.3. The van der Waals surface area contributed by atoms with Gasteiger partial charge in [-0.05, 0) is 23.3 Å². The zero-order valence-corrected chi connectivity index (χ0v) is 15.4. The normalized spacial score (nSPS) is 15.5. The Labute approximate surface area is 154 Å². The molecule has 0 amide bonds. The molecule has 3 rings (SSSR count). The number of ether oxygens (including phenoxy) is 1. The van der Waals surface area contributed by atoms with Gasteiger partial charge in [0.05, 0.1) is 5.57 Å². The predicted octanol–water partition coefficient (Wildman–Crippen LogP) is 3.95. The van der Waals surface area contributed by atoms with Crippen molar-refractivity contribution in [3.8, 4) is 0 Å². The zero-order chi connectivity index (χ0) is 17.3. The molecule has 1 atom stereocenters. The highest BCUT2D eigenvalue weighted by molar-refractivity contribution is 9.10. The fourth-order valence-electron chi connectivity index (χ4n) is 2.54. The minimum absolute atomic E-state index is 0.0374. The van der Waals surface area contributed by atoms with Gasteiger partial charge in [0.25, 0.3) is 0 Å². The van der Waals surface area contributed by atoms with Gasteiger partial charge in [-0.3, -0.25) is 4.21 Å². The fourth-order valence-corrected chi connectivity index (χ4v) is 3.88. The van der Waals surface area contributed by atoms with Crippen LogP contribution in [0.5, 0.6) is 0 Å². The molecule has 0 bridgehead atoms. The third-order valence-corrected chi connectivity index (χ3v) is 5.10. The lowest BCUT2D eigenvalue weighted by molar-refractivity contribution is -0.133. The van der Waals surface area contributed by atoms with Gasteiger partial charge in [0.15, 0.2) is 0 Å². The van der Waals surface area contributed by atoms with Gasteiger partial charge < -0.3 is 9.29 Å². The summed E-state index contributed by atoms with van der Waals surface area (Å²) in [5.74, 6) is -0.428. The molecule has 1 unspecified atom stereocenters. The summed E-state index contributed by atoms with van der Waals surface area (Å²) in [7, 11) is 0. The summed E-state index contributed by atoms with van der Waals surface area (Å²) in [4.78, 5) is 12.2. The number of halogens is 2. The molecular formula is C17H11BrClO4S-. The first kappa shape index (κ1) is 17.4. The lowest BCUT2D eigenvalue weighted by atomic mass is 9.96. The van der Waals surface area contributed by atoms with Crippen molar-refractivity contribution in [2.45, 2.75) is 5.75 Å². The van der Waals surface area contributed by atoms with E-state index in [2.05, 4.69) is 15.9 Å². The number of carbonyl (C=O) groups is 1. The van der Waals surface area contributed by atoms with Gasteiger partial charge in [-0.2, -0.15) is 0 Å². The number of hydrogen-bond donors (Lipinski definition) is 0. The summed E-state index contributed by atoms with van der Waals surface area (Å²) in [5, 5.41) is 0.564. The Morgan fingerprint density at radius 1 is 1.21 bits per heavy atom. The number of benzene rings is 2. The first-order valence-electron chi connectivity index (χ1n) is 6.96. The van der Waals surface area contributed by atoms with E-state index >= 15 is 0 Å². The molecule has 1 aliphatic heterocycles. The van der Waals surface area contributed by atoms with Crippen LogP contribution >= 0.6 is 27.5 Å². The Hall–Kier alpha value is -1.47. The largest absolute Gasteiger partial charge is 0.772 e. The molecule has 0 saturated carbocycles. The van der Waals surface area contributed by atoms with Crippen LogP contribution in [0.2, 0.25) is 5.02 Å². The maximum Gasteiger partial charge on any atom is 0.339 e. The van der Waals surface area contributed by atoms with E-state index in [1.165, 1.54) is 0 Å².